The van der Waals surface area contributed by atoms with Gasteiger partial charge in [-0.3, -0.25) is 9.59 Å². The fraction of sp³-hybridized carbons (Fsp3) is 0.167. The molecule has 2 heterocycles. The van der Waals surface area contributed by atoms with Crippen LogP contribution >= 0.6 is 11.8 Å². The van der Waals surface area contributed by atoms with Crippen LogP contribution < -0.4 is 10.6 Å². The number of hydrogen-bond donors (Lipinski definition) is 2. The SMILES string of the molecule is O=C(CCSCCC(=O)Nc1cccc(-n2ccnc2)c1)Nc1cccc(-n2ccnc2)c1. The largest absolute Gasteiger partial charge is 0.326 e. The average Bonchev–Trinajstić information content (AvgIpc) is 3.54. The van der Waals surface area contributed by atoms with Gasteiger partial charge in [0.25, 0.3) is 0 Å². The second-order valence-electron chi connectivity index (χ2n) is 7.25. The van der Waals surface area contributed by atoms with Gasteiger partial charge in [0.15, 0.2) is 0 Å². The van der Waals surface area contributed by atoms with E-state index in [1.807, 2.05) is 70.1 Å². The molecule has 0 aliphatic heterocycles. The summed E-state index contributed by atoms with van der Waals surface area (Å²) in [6.07, 6.45) is 11.3. The summed E-state index contributed by atoms with van der Waals surface area (Å²) in [7, 11) is 0. The number of carbonyl (C=O) groups excluding carboxylic acids is 2. The Morgan fingerprint density at radius 1 is 0.758 bits per heavy atom. The van der Waals surface area contributed by atoms with Crippen LogP contribution in [0.1, 0.15) is 12.8 Å². The molecule has 0 unspecified atom stereocenters. The number of aromatic nitrogens is 4. The van der Waals surface area contributed by atoms with Crippen LogP contribution in [0, 0.1) is 0 Å². The molecule has 168 valence electrons. The Labute approximate surface area is 196 Å². The minimum absolute atomic E-state index is 0.0500. The van der Waals surface area contributed by atoms with Crippen molar-refractivity contribution in [3.8, 4) is 11.4 Å². The lowest BCUT2D eigenvalue weighted by molar-refractivity contribution is -0.116. The van der Waals surface area contributed by atoms with Gasteiger partial charge in [0, 0.05) is 71.9 Å². The van der Waals surface area contributed by atoms with Crippen LogP contribution in [0.25, 0.3) is 11.4 Å². The Morgan fingerprint density at radius 2 is 1.24 bits per heavy atom. The average molecular weight is 461 g/mol. The second kappa shape index (κ2) is 11.1. The molecule has 0 bridgehead atoms. The van der Waals surface area contributed by atoms with Crippen molar-refractivity contribution < 1.29 is 9.59 Å². The number of nitrogens with one attached hydrogen (secondary N) is 2. The van der Waals surface area contributed by atoms with Gasteiger partial charge in [-0.15, -0.1) is 0 Å². The third kappa shape index (κ3) is 6.56. The zero-order valence-electron chi connectivity index (χ0n) is 17.9. The highest BCUT2D eigenvalue weighted by atomic mass is 32.2. The number of imidazole rings is 2. The molecule has 0 aliphatic carbocycles. The molecule has 2 amide bonds. The highest BCUT2D eigenvalue weighted by Gasteiger charge is 2.07. The van der Waals surface area contributed by atoms with Crippen molar-refractivity contribution in [2.75, 3.05) is 22.1 Å². The van der Waals surface area contributed by atoms with Gasteiger partial charge in [0.2, 0.25) is 11.8 Å². The van der Waals surface area contributed by atoms with E-state index in [0.717, 1.165) is 22.7 Å². The first-order valence-corrected chi connectivity index (χ1v) is 11.7. The monoisotopic (exact) mass is 460 g/mol. The van der Waals surface area contributed by atoms with Gasteiger partial charge in [-0.05, 0) is 36.4 Å². The summed E-state index contributed by atoms with van der Waals surface area (Å²) >= 11 is 1.59. The molecule has 0 radical (unpaired) electrons. The van der Waals surface area contributed by atoms with E-state index in [0.29, 0.717) is 24.3 Å². The molecule has 0 spiro atoms. The Bertz CT molecular complexity index is 1100. The number of hydrogen-bond acceptors (Lipinski definition) is 5. The molecule has 9 heteroatoms. The van der Waals surface area contributed by atoms with Crippen LogP contribution in [0.2, 0.25) is 0 Å². The van der Waals surface area contributed by atoms with E-state index in [2.05, 4.69) is 20.6 Å². The standard InChI is InChI=1S/C24H24N6O2S/c31-23(27-19-3-1-5-21(15-19)29-11-9-25-17-29)7-13-33-14-8-24(32)28-20-4-2-6-22(16-20)30-12-10-26-18-30/h1-6,9-12,15-18H,7-8,13-14H2,(H,27,31)(H,28,32). The maximum atomic E-state index is 12.2. The van der Waals surface area contributed by atoms with Gasteiger partial charge >= 0.3 is 0 Å². The fourth-order valence-electron chi connectivity index (χ4n) is 3.19. The summed E-state index contributed by atoms with van der Waals surface area (Å²) in [5.41, 5.74) is 3.35. The van der Waals surface area contributed by atoms with Gasteiger partial charge < -0.3 is 19.8 Å². The molecule has 4 aromatic rings. The van der Waals surface area contributed by atoms with Crippen molar-refractivity contribution in [2.24, 2.45) is 0 Å². The van der Waals surface area contributed by atoms with Crippen LogP contribution in [-0.2, 0) is 9.59 Å². The van der Waals surface area contributed by atoms with E-state index in [1.165, 1.54) is 0 Å². The highest BCUT2D eigenvalue weighted by Crippen LogP contribution is 2.17. The maximum absolute atomic E-state index is 12.2. The van der Waals surface area contributed by atoms with E-state index in [-0.39, 0.29) is 11.8 Å². The minimum Gasteiger partial charge on any atom is -0.326 e. The fourth-order valence-corrected chi connectivity index (χ4v) is 4.05. The Hall–Kier alpha value is -3.85. The summed E-state index contributed by atoms with van der Waals surface area (Å²) < 4.78 is 3.76. The van der Waals surface area contributed by atoms with Crippen LogP contribution in [0.4, 0.5) is 11.4 Å². The van der Waals surface area contributed by atoms with Crippen molar-refractivity contribution in [1.29, 1.82) is 0 Å². The van der Waals surface area contributed by atoms with Crippen molar-refractivity contribution >= 4 is 35.0 Å². The third-order valence-electron chi connectivity index (χ3n) is 4.81. The molecule has 0 atom stereocenters. The number of anilines is 2. The van der Waals surface area contributed by atoms with E-state index in [4.69, 9.17) is 0 Å². The first-order chi connectivity index (χ1) is 16.2. The summed E-state index contributed by atoms with van der Waals surface area (Å²) in [5.74, 6) is 1.20. The van der Waals surface area contributed by atoms with Gasteiger partial charge in [-0.25, -0.2) is 9.97 Å². The second-order valence-corrected chi connectivity index (χ2v) is 8.47. The van der Waals surface area contributed by atoms with E-state index in [1.54, 1.807) is 36.8 Å². The lowest BCUT2D eigenvalue weighted by Gasteiger charge is -2.09. The smallest absolute Gasteiger partial charge is 0.225 e. The maximum Gasteiger partial charge on any atom is 0.225 e. The summed E-state index contributed by atoms with van der Waals surface area (Å²) in [6, 6.07) is 15.2. The number of carbonyl (C=O) groups is 2. The normalized spacial score (nSPS) is 10.7. The molecule has 2 N–H and O–H groups in total. The zero-order valence-corrected chi connectivity index (χ0v) is 18.7. The van der Waals surface area contributed by atoms with Gasteiger partial charge in [-0.2, -0.15) is 11.8 Å². The molecule has 0 saturated heterocycles. The topological polar surface area (TPSA) is 93.8 Å². The zero-order chi connectivity index (χ0) is 22.9. The van der Waals surface area contributed by atoms with Crippen molar-refractivity contribution in [2.45, 2.75) is 12.8 Å². The quantitative estimate of drug-likeness (QED) is 0.347. The van der Waals surface area contributed by atoms with Crippen molar-refractivity contribution in [3.63, 3.8) is 0 Å². The van der Waals surface area contributed by atoms with Crippen LogP contribution in [-0.4, -0.2) is 42.4 Å². The Kier molecular flexibility index (Phi) is 7.55. The molecule has 2 aromatic carbocycles. The van der Waals surface area contributed by atoms with Crippen LogP contribution in [0.15, 0.2) is 86.0 Å². The third-order valence-corrected chi connectivity index (χ3v) is 5.80. The van der Waals surface area contributed by atoms with Crippen LogP contribution in [0.3, 0.4) is 0 Å². The van der Waals surface area contributed by atoms with E-state index >= 15 is 0 Å². The van der Waals surface area contributed by atoms with Crippen LogP contribution in [0.5, 0.6) is 0 Å². The molecule has 0 fully saturated rings. The van der Waals surface area contributed by atoms with Gasteiger partial charge in [-0.1, -0.05) is 12.1 Å². The first-order valence-electron chi connectivity index (χ1n) is 10.5. The Morgan fingerprint density at radius 3 is 1.67 bits per heavy atom. The summed E-state index contributed by atoms with van der Waals surface area (Å²) in [6.45, 7) is 0. The van der Waals surface area contributed by atoms with Gasteiger partial charge in [0.05, 0.1) is 12.7 Å². The molecule has 2 aromatic heterocycles. The summed E-state index contributed by atoms with van der Waals surface area (Å²) in [4.78, 5) is 32.6. The lowest BCUT2D eigenvalue weighted by atomic mass is 10.2. The van der Waals surface area contributed by atoms with E-state index < -0.39 is 0 Å². The number of nitrogens with zero attached hydrogens (tertiary/aromatic N) is 4. The molecule has 33 heavy (non-hydrogen) atoms. The number of thioether (sulfide) groups is 1. The Balaban J connectivity index is 1.15. The number of benzene rings is 2. The lowest BCUT2D eigenvalue weighted by Crippen LogP contribution is -2.14. The van der Waals surface area contributed by atoms with Gasteiger partial charge in [0.1, 0.15) is 0 Å². The molecule has 8 nitrogen and oxygen atoms in total. The predicted molar refractivity (Wildman–Crippen MR) is 131 cm³/mol. The number of rotatable bonds is 10. The molecule has 4 rings (SSSR count). The van der Waals surface area contributed by atoms with Crippen molar-refractivity contribution in [1.82, 2.24) is 19.1 Å². The van der Waals surface area contributed by atoms with E-state index in [9.17, 15) is 9.59 Å². The molecule has 0 aliphatic rings. The molecule has 0 saturated carbocycles. The number of amides is 2. The molecular weight excluding hydrogens is 436 g/mol. The molecular formula is C24H24N6O2S. The predicted octanol–water partition coefficient (Wildman–Crippen LogP) is 4.15. The first kappa shape index (κ1) is 22.3. The minimum atomic E-state index is -0.0500. The summed E-state index contributed by atoms with van der Waals surface area (Å²) in [5, 5.41) is 5.84. The van der Waals surface area contributed by atoms with Crippen molar-refractivity contribution in [3.05, 3.63) is 86.0 Å². The highest BCUT2D eigenvalue weighted by molar-refractivity contribution is 7.99.